The van der Waals surface area contributed by atoms with Gasteiger partial charge in [0.1, 0.15) is 0 Å². The number of allylic oxidation sites excluding steroid dienone is 14. The zero-order valence-electron chi connectivity index (χ0n) is 47.4. The third kappa shape index (κ3) is 15.8. The first-order valence-electron chi connectivity index (χ1n) is 27.4. The maximum Gasteiger partial charge on any atom is -0.0175 e. The van der Waals surface area contributed by atoms with Crippen LogP contribution < -0.4 is 0 Å². The summed E-state index contributed by atoms with van der Waals surface area (Å²) in [6, 6.07) is 64.2. The quantitative estimate of drug-likeness (QED) is 0.0514. The molecule has 7 aromatic rings. The van der Waals surface area contributed by atoms with Crippen molar-refractivity contribution in [3.63, 3.8) is 0 Å². The minimum atomic E-state index is 0.982. The Kier molecular flexibility index (Phi) is 23.6. The smallest absolute Gasteiger partial charge is 0.0175 e. The van der Waals surface area contributed by atoms with Gasteiger partial charge in [-0.1, -0.05) is 215 Å². The second-order valence-corrected chi connectivity index (χ2v) is 19.2. The van der Waals surface area contributed by atoms with E-state index in [4.69, 9.17) is 0 Å². The van der Waals surface area contributed by atoms with Crippen LogP contribution in [0.2, 0.25) is 0 Å². The van der Waals surface area contributed by atoms with Crippen LogP contribution in [-0.4, -0.2) is 0 Å². The summed E-state index contributed by atoms with van der Waals surface area (Å²) < 4.78 is 0. The van der Waals surface area contributed by atoms with Crippen molar-refractivity contribution in [3.05, 3.63) is 286 Å². The van der Waals surface area contributed by atoms with Crippen LogP contribution in [0.15, 0.2) is 225 Å². The van der Waals surface area contributed by atoms with Crippen LogP contribution in [0, 0.1) is 19.8 Å². The molecule has 0 heteroatoms. The zero-order chi connectivity index (χ0) is 55.0. The second kappa shape index (κ2) is 30.4. The van der Waals surface area contributed by atoms with E-state index in [-0.39, 0.29) is 0 Å². The number of terminal acetylenes is 1. The van der Waals surface area contributed by atoms with Gasteiger partial charge in [-0.15, -0.1) is 12.8 Å². The molecule has 76 heavy (non-hydrogen) atoms. The number of benzene rings is 7. The lowest BCUT2D eigenvalue weighted by Crippen LogP contribution is -1.98. The fraction of sp³-hybridized carbons (Fsp3) is 0.211. The second-order valence-electron chi connectivity index (χ2n) is 19.2. The molecule has 0 aliphatic heterocycles. The van der Waals surface area contributed by atoms with Crippen LogP contribution >= 0.6 is 0 Å². The van der Waals surface area contributed by atoms with Crippen molar-refractivity contribution >= 4 is 44.6 Å². The predicted octanol–water partition coefficient (Wildman–Crippen LogP) is 21.9. The summed E-state index contributed by atoms with van der Waals surface area (Å²) in [4.78, 5) is 0. The molecule has 0 N–H and O–H groups in total. The van der Waals surface area contributed by atoms with E-state index in [9.17, 15) is 0 Å². The van der Waals surface area contributed by atoms with Crippen molar-refractivity contribution in [3.8, 4) is 24.0 Å². The van der Waals surface area contributed by atoms with Gasteiger partial charge in [0.25, 0.3) is 0 Å². The van der Waals surface area contributed by atoms with Gasteiger partial charge in [0.2, 0.25) is 0 Å². The maximum absolute atomic E-state index is 4.00. The molecule has 0 amide bonds. The number of hydrogen-bond donors (Lipinski definition) is 0. The van der Waals surface area contributed by atoms with Gasteiger partial charge in [0, 0.05) is 0 Å². The molecule has 0 aromatic heterocycles. The Morgan fingerprint density at radius 2 is 1.13 bits per heavy atom. The van der Waals surface area contributed by atoms with Crippen molar-refractivity contribution in [2.75, 3.05) is 0 Å². The summed E-state index contributed by atoms with van der Waals surface area (Å²) in [6.07, 6.45) is 25.8. The van der Waals surface area contributed by atoms with Gasteiger partial charge in [-0.2, -0.15) is 0 Å². The molecule has 0 unspecified atom stereocenters. The van der Waals surface area contributed by atoms with E-state index >= 15 is 0 Å². The first-order valence-corrected chi connectivity index (χ1v) is 27.4. The number of aryl methyl sites for hydroxylation is 3. The third-order valence-electron chi connectivity index (χ3n) is 14.3. The van der Waals surface area contributed by atoms with Gasteiger partial charge >= 0.3 is 0 Å². The van der Waals surface area contributed by atoms with E-state index in [1.54, 1.807) is 0 Å². The summed E-state index contributed by atoms with van der Waals surface area (Å²) in [5, 5.41) is 0. The SMILES string of the molecule is C#C.C/C=C\C(=C/C)c1cc(C2=CC(c3cccc(-c4cccc(/C(C)=C(/C)c5ccccc5CCCc5ccccc5)c4)c3)=CCC2)cc(/C(C)=C(/CC)c2ccccc2C)c1.C=C(C)C(=C)c1ccccc1.CC. The first-order chi connectivity index (χ1) is 37.0. The summed E-state index contributed by atoms with van der Waals surface area (Å²) in [5.41, 5.74) is 28.3. The molecule has 0 spiro atoms. The maximum atomic E-state index is 4.00. The Morgan fingerprint density at radius 3 is 1.79 bits per heavy atom. The van der Waals surface area contributed by atoms with Gasteiger partial charge in [0.05, 0.1) is 0 Å². The van der Waals surface area contributed by atoms with E-state index in [2.05, 4.69) is 250 Å². The molecular weight excluding hydrogens is 913 g/mol. The molecule has 0 fully saturated rings. The molecule has 1 aliphatic carbocycles. The monoisotopic (exact) mass is 995 g/mol. The van der Waals surface area contributed by atoms with E-state index in [0.29, 0.717) is 0 Å². The molecule has 0 radical (unpaired) electrons. The molecular formula is C76H82. The van der Waals surface area contributed by atoms with Crippen molar-refractivity contribution < 1.29 is 0 Å². The van der Waals surface area contributed by atoms with Crippen LogP contribution in [0.3, 0.4) is 0 Å². The number of rotatable bonds is 16. The summed E-state index contributed by atoms with van der Waals surface area (Å²) in [6.45, 7) is 29.4. The lowest BCUT2D eigenvalue weighted by atomic mass is 9.85. The van der Waals surface area contributed by atoms with Gasteiger partial charge in [-0.25, -0.2) is 0 Å². The third-order valence-corrected chi connectivity index (χ3v) is 14.3. The topological polar surface area (TPSA) is 0 Å². The van der Waals surface area contributed by atoms with Crippen LogP contribution in [-0.2, 0) is 12.8 Å². The summed E-state index contributed by atoms with van der Waals surface area (Å²) in [7, 11) is 0. The van der Waals surface area contributed by atoms with Gasteiger partial charge in [0.15, 0.2) is 0 Å². The Bertz CT molecular complexity index is 3260. The molecule has 0 saturated heterocycles. The molecule has 0 atom stereocenters. The summed E-state index contributed by atoms with van der Waals surface area (Å²) >= 11 is 0. The minimum absolute atomic E-state index is 0.982. The van der Waals surface area contributed by atoms with Crippen molar-refractivity contribution in [1.29, 1.82) is 0 Å². The average molecular weight is 995 g/mol. The molecule has 0 heterocycles. The van der Waals surface area contributed by atoms with E-state index in [0.717, 1.165) is 55.2 Å². The highest BCUT2D eigenvalue weighted by Gasteiger charge is 2.17. The minimum Gasteiger partial charge on any atom is -0.124 e. The van der Waals surface area contributed by atoms with Crippen LogP contribution in [0.25, 0.3) is 55.7 Å². The van der Waals surface area contributed by atoms with E-state index < -0.39 is 0 Å². The fourth-order valence-electron chi connectivity index (χ4n) is 9.96. The Morgan fingerprint density at radius 1 is 0.553 bits per heavy atom. The molecule has 7 aromatic carbocycles. The first kappa shape index (κ1) is 58.9. The predicted molar refractivity (Wildman–Crippen MR) is 341 cm³/mol. The molecule has 0 saturated carbocycles. The van der Waals surface area contributed by atoms with Crippen molar-refractivity contribution in [2.45, 2.75) is 108 Å². The largest absolute Gasteiger partial charge is 0.124 e. The normalized spacial score (nSPS) is 12.7. The molecule has 8 rings (SSSR count). The Hall–Kier alpha value is -7.98. The Labute approximate surface area is 460 Å². The highest BCUT2D eigenvalue weighted by molar-refractivity contribution is 5.95. The highest BCUT2D eigenvalue weighted by atomic mass is 14.2. The van der Waals surface area contributed by atoms with E-state index in [1.807, 2.05) is 51.1 Å². The highest BCUT2D eigenvalue weighted by Crippen LogP contribution is 2.38. The molecule has 386 valence electrons. The van der Waals surface area contributed by atoms with Gasteiger partial charge in [-0.3, -0.25) is 0 Å². The molecule has 0 bridgehead atoms. The summed E-state index contributed by atoms with van der Waals surface area (Å²) in [5.74, 6) is 0. The average Bonchev–Trinajstić information content (AvgIpc) is 3.48. The fourth-order valence-corrected chi connectivity index (χ4v) is 9.96. The van der Waals surface area contributed by atoms with Crippen molar-refractivity contribution in [1.82, 2.24) is 0 Å². The lowest BCUT2D eigenvalue weighted by molar-refractivity contribution is 0.819. The van der Waals surface area contributed by atoms with Gasteiger partial charge in [-0.05, 0) is 234 Å². The molecule has 1 aliphatic rings. The lowest BCUT2D eigenvalue weighted by Gasteiger charge is -2.20. The van der Waals surface area contributed by atoms with Crippen LogP contribution in [0.5, 0.6) is 0 Å². The molecule has 0 nitrogen and oxygen atoms in total. The van der Waals surface area contributed by atoms with Crippen LogP contribution in [0.1, 0.15) is 149 Å². The Balaban J connectivity index is 0.000000622. The van der Waals surface area contributed by atoms with E-state index in [1.165, 1.54) is 106 Å². The number of hydrogen-bond acceptors (Lipinski definition) is 0. The zero-order valence-corrected chi connectivity index (χ0v) is 47.4. The standard InChI is InChI=1S/C61H62.C11H12.C2H6.C2H2/c1-8-22-48(9-2)57-40-56(46(7)59(10-3)60-35-16-14-23-43(60)4)41-58(42-57)55-34-21-33-54(39-55)53-32-20-31-52(38-53)51-30-19-29-50(37-51)44(5)45(6)61-36-17-15-27-49(61)28-18-26-47-24-12-11-13-25-47;1-9(2)10(3)11-7-5-4-6-8-11;2*1-2/h8-9,11-17,19-20,22-25,27,29-33,35-42H,10,18,21,26,28,34H2,1-7H3;4-8H,1,3H2,2H3;1-2H3;1-2H/b22-8-,45-44-,48-9+,59-46-;;;. The van der Waals surface area contributed by atoms with Gasteiger partial charge < -0.3 is 0 Å². The van der Waals surface area contributed by atoms with Crippen LogP contribution in [0.4, 0.5) is 0 Å². The van der Waals surface area contributed by atoms with Crippen molar-refractivity contribution in [2.24, 2.45) is 0 Å².